The van der Waals surface area contributed by atoms with Crippen molar-refractivity contribution in [3.8, 4) is 0 Å². The minimum Gasteiger partial charge on any atom is -0.352 e. The zero-order valence-corrected chi connectivity index (χ0v) is 22.1. The topological polar surface area (TPSA) is 86.8 Å². The SMILES string of the molecule is CC[C@@H](C(=O)NC(C)C)N(Cc1cccc(C)c1)C(=O)CN(c1ccc(C)c(C)c1)S(C)(=O)=O. The van der Waals surface area contributed by atoms with Crippen LogP contribution in [-0.4, -0.2) is 50.0 Å². The highest BCUT2D eigenvalue weighted by Crippen LogP contribution is 2.22. The molecule has 0 aliphatic heterocycles. The Hall–Kier alpha value is -2.87. The molecule has 2 amide bonds. The summed E-state index contributed by atoms with van der Waals surface area (Å²) in [5.74, 6) is -0.688. The summed E-state index contributed by atoms with van der Waals surface area (Å²) in [6.07, 6.45) is 1.49. The van der Waals surface area contributed by atoms with Crippen LogP contribution >= 0.6 is 0 Å². The van der Waals surface area contributed by atoms with Crippen LogP contribution in [0.3, 0.4) is 0 Å². The van der Waals surface area contributed by atoms with Crippen molar-refractivity contribution in [2.75, 3.05) is 17.1 Å². The maximum atomic E-state index is 13.6. The first-order chi connectivity index (χ1) is 15.8. The maximum absolute atomic E-state index is 13.6. The number of rotatable bonds is 10. The van der Waals surface area contributed by atoms with Crippen LogP contribution in [0.25, 0.3) is 0 Å². The number of amides is 2. The monoisotopic (exact) mass is 487 g/mol. The summed E-state index contributed by atoms with van der Waals surface area (Å²) in [5, 5.41) is 2.89. The standard InChI is InChI=1S/C26H37N3O4S/c1-8-24(26(31)27-18(2)3)28(16-22-11-9-10-19(4)14-22)25(30)17-29(34(7,32)33)23-13-12-20(5)21(6)15-23/h9-15,18,24H,8,16-17H2,1-7H3,(H,27,31)/t24-/m0/s1. The predicted octanol–water partition coefficient (Wildman–Crippen LogP) is 3.71. The van der Waals surface area contributed by atoms with Gasteiger partial charge in [0.1, 0.15) is 12.6 Å². The first-order valence-electron chi connectivity index (χ1n) is 11.5. The molecule has 0 aliphatic carbocycles. The number of aryl methyl sites for hydroxylation is 3. The lowest BCUT2D eigenvalue weighted by atomic mass is 10.1. The first-order valence-corrected chi connectivity index (χ1v) is 13.4. The number of nitrogens with one attached hydrogen (secondary N) is 1. The van der Waals surface area contributed by atoms with E-state index < -0.39 is 28.5 Å². The molecule has 186 valence electrons. The van der Waals surface area contributed by atoms with Crippen molar-refractivity contribution in [2.24, 2.45) is 0 Å². The molecule has 0 spiro atoms. The van der Waals surface area contributed by atoms with Crippen LogP contribution in [0.15, 0.2) is 42.5 Å². The van der Waals surface area contributed by atoms with Gasteiger partial charge in [-0.3, -0.25) is 13.9 Å². The average molecular weight is 488 g/mol. The summed E-state index contributed by atoms with van der Waals surface area (Å²) in [4.78, 5) is 28.1. The van der Waals surface area contributed by atoms with E-state index in [4.69, 9.17) is 0 Å². The number of carbonyl (C=O) groups is 2. The molecule has 0 radical (unpaired) electrons. The fourth-order valence-corrected chi connectivity index (χ4v) is 4.64. The number of hydrogen-bond acceptors (Lipinski definition) is 4. The highest BCUT2D eigenvalue weighted by atomic mass is 32.2. The fraction of sp³-hybridized carbons (Fsp3) is 0.462. The van der Waals surface area contributed by atoms with Crippen LogP contribution in [0.5, 0.6) is 0 Å². The number of anilines is 1. The zero-order valence-electron chi connectivity index (χ0n) is 21.3. The number of sulfonamides is 1. The van der Waals surface area contributed by atoms with Gasteiger partial charge in [-0.2, -0.15) is 0 Å². The molecule has 0 saturated carbocycles. The molecule has 0 fully saturated rings. The van der Waals surface area contributed by atoms with E-state index in [-0.39, 0.29) is 18.5 Å². The second kappa shape index (κ2) is 11.5. The summed E-state index contributed by atoms with van der Waals surface area (Å²) < 4.78 is 26.5. The van der Waals surface area contributed by atoms with Gasteiger partial charge in [-0.1, -0.05) is 42.8 Å². The molecule has 0 saturated heterocycles. The molecule has 34 heavy (non-hydrogen) atoms. The van der Waals surface area contributed by atoms with E-state index in [2.05, 4.69) is 5.32 Å². The Morgan fingerprint density at radius 1 is 1.00 bits per heavy atom. The minimum absolute atomic E-state index is 0.0828. The van der Waals surface area contributed by atoms with Gasteiger partial charge in [-0.05, 0) is 69.9 Å². The molecule has 2 rings (SSSR count). The van der Waals surface area contributed by atoms with Gasteiger partial charge in [0.05, 0.1) is 11.9 Å². The lowest BCUT2D eigenvalue weighted by molar-refractivity contribution is -0.140. The Balaban J connectivity index is 2.46. The molecule has 1 atom stereocenters. The van der Waals surface area contributed by atoms with E-state index in [0.29, 0.717) is 12.1 Å². The van der Waals surface area contributed by atoms with Gasteiger partial charge >= 0.3 is 0 Å². The van der Waals surface area contributed by atoms with Crippen LogP contribution < -0.4 is 9.62 Å². The Morgan fingerprint density at radius 2 is 1.68 bits per heavy atom. The quantitative estimate of drug-likeness (QED) is 0.554. The molecule has 0 aliphatic rings. The van der Waals surface area contributed by atoms with Gasteiger partial charge in [0.2, 0.25) is 21.8 Å². The lowest BCUT2D eigenvalue weighted by Crippen LogP contribution is -2.53. The van der Waals surface area contributed by atoms with Crippen molar-refractivity contribution in [1.29, 1.82) is 0 Å². The fourth-order valence-electron chi connectivity index (χ4n) is 3.80. The van der Waals surface area contributed by atoms with Crippen molar-refractivity contribution in [3.63, 3.8) is 0 Å². The number of carbonyl (C=O) groups excluding carboxylic acids is 2. The normalized spacial score (nSPS) is 12.4. The van der Waals surface area contributed by atoms with Crippen LogP contribution in [0.2, 0.25) is 0 Å². The van der Waals surface area contributed by atoms with Gasteiger partial charge < -0.3 is 10.2 Å². The summed E-state index contributed by atoms with van der Waals surface area (Å²) in [6, 6.07) is 12.2. The van der Waals surface area contributed by atoms with Gasteiger partial charge in [0.15, 0.2) is 0 Å². The molecular formula is C26H37N3O4S. The maximum Gasteiger partial charge on any atom is 0.244 e. The van der Waals surface area contributed by atoms with E-state index in [1.807, 2.05) is 71.9 Å². The molecule has 7 nitrogen and oxygen atoms in total. The van der Waals surface area contributed by atoms with Crippen LogP contribution in [0.4, 0.5) is 5.69 Å². The summed E-state index contributed by atoms with van der Waals surface area (Å²) in [5.41, 5.74) is 4.30. The third kappa shape index (κ3) is 7.32. The van der Waals surface area contributed by atoms with E-state index in [0.717, 1.165) is 32.8 Å². The van der Waals surface area contributed by atoms with Crippen molar-refractivity contribution in [2.45, 2.75) is 66.6 Å². The third-order valence-corrected chi connectivity index (χ3v) is 6.85. The molecule has 0 unspecified atom stereocenters. The Kier molecular flexibility index (Phi) is 9.27. The third-order valence-electron chi connectivity index (χ3n) is 5.71. The van der Waals surface area contributed by atoms with Gasteiger partial charge in [-0.15, -0.1) is 0 Å². The highest BCUT2D eigenvalue weighted by molar-refractivity contribution is 7.92. The van der Waals surface area contributed by atoms with Gasteiger partial charge in [0, 0.05) is 12.6 Å². The van der Waals surface area contributed by atoms with Crippen LogP contribution in [0.1, 0.15) is 49.4 Å². The second-order valence-electron chi connectivity index (χ2n) is 9.14. The van der Waals surface area contributed by atoms with E-state index in [9.17, 15) is 18.0 Å². The number of hydrogen-bond donors (Lipinski definition) is 1. The largest absolute Gasteiger partial charge is 0.352 e. The number of benzene rings is 2. The highest BCUT2D eigenvalue weighted by Gasteiger charge is 2.32. The molecule has 0 aromatic heterocycles. The van der Waals surface area contributed by atoms with Crippen molar-refractivity contribution >= 4 is 27.5 Å². The smallest absolute Gasteiger partial charge is 0.244 e. The van der Waals surface area contributed by atoms with E-state index in [1.165, 1.54) is 4.90 Å². The van der Waals surface area contributed by atoms with Crippen molar-refractivity contribution in [3.05, 3.63) is 64.7 Å². The minimum atomic E-state index is -3.74. The van der Waals surface area contributed by atoms with Gasteiger partial charge in [0.25, 0.3) is 0 Å². The second-order valence-corrected chi connectivity index (χ2v) is 11.0. The average Bonchev–Trinajstić information content (AvgIpc) is 2.72. The predicted molar refractivity (Wildman–Crippen MR) is 137 cm³/mol. The van der Waals surface area contributed by atoms with Gasteiger partial charge in [-0.25, -0.2) is 8.42 Å². The van der Waals surface area contributed by atoms with Crippen molar-refractivity contribution < 1.29 is 18.0 Å². The molecule has 0 bridgehead atoms. The van der Waals surface area contributed by atoms with E-state index >= 15 is 0 Å². The summed E-state index contributed by atoms with van der Waals surface area (Å²) >= 11 is 0. The summed E-state index contributed by atoms with van der Waals surface area (Å²) in [7, 11) is -3.74. The van der Waals surface area contributed by atoms with Crippen molar-refractivity contribution in [1.82, 2.24) is 10.2 Å². The lowest BCUT2D eigenvalue weighted by Gasteiger charge is -2.33. The molecule has 1 N–H and O–H groups in total. The molecule has 8 heteroatoms. The first kappa shape index (κ1) is 27.4. The van der Waals surface area contributed by atoms with Crippen LogP contribution in [-0.2, 0) is 26.2 Å². The van der Waals surface area contributed by atoms with Crippen LogP contribution in [0, 0.1) is 20.8 Å². The molecular weight excluding hydrogens is 450 g/mol. The Bertz CT molecular complexity index is 1130. The Labute approximate surface area is 204 Å². The van der Waals surface area contributed by atoms with E-state index in [1.54, 1.807) is 12.1 Å². The molecule has 2 aromatic carbocycles. The molecule has 0 heterocycles. The number of nitrogens with zero attached hydrogens (tertiary/aromatic N) is 2. The zero-order chi connectivity index (χ0) is 25.6. The summed E-state index contributed by atoms with van der Waals surface area (Å²) in [6.45, 7) is 11.2. The Morgan fingerprint density at radius 3 is 2.21 bits per heavy atom. The molecule has 2 aromatic rings.